The number of piperidine rings is 1. The average Bonchev–Trinajstić information content (AvgIpc) is 2.49. The summed E-state index contributed by atoms with van der Waals surface area (Å²) in [7, 11) is 0. The van der Waals surface area contributed by atoms with Crippen LogP contribution < -0.4 is 0 Å². The molecular formula is C17H30N2O2. The van der Waals surface area contributed by atoms with Crippen molar-refractivity contribution in [2.75, 3.05) is 6.54 Å². The van der Waals surface area contributed by atoms with Gasteiger partial charge in [0.2, 0.25) is 11.8 Å². The first-order chi connectivity index (χ1) is 9.87. The summed E-state index contributed by atoms with van der Waals surface area (Å²) < 4.78 is 0. The van der Waals surface area contributed by atoms with Crippen LogP contribution in [-0.4, -0.2) is 45.8 Å². The Morgan fingerprint density at radius 3 is 2.29 bits per heavy atom. The van der Waals surface area contributed by atoms with Gasteiger partial charge >= 0.3 is 0 Å². The molecule has 0 radical (unpaired) electrons. The van der Waals surface area contributed by atoms with Gasteiger partial charge in [0.1, 0.15) is 12.1 Å². The fourth-order valence-corrected chi connectivity index (χ4v) is 3.81. The van der Waals surface area contributed by atoms with Crippen molar-refractivity contribution < 1.29 is 9.59 Å². The first kappa shape index (κ1) is 16.3. The first-order valence-electron chi connectivity index (χ1n) is 8.51. The maximum atomic E-state index is 13.1. The van der Waals surface area contributed by atoms with Crippen molar-refractivity contribution in [3.63, 3.8) is 0 Å². The normalized spacial score (nSPS) is 27.3. The zero-order valence-corrected chi connectivity index (χ0v) is 14.2. The van der Waals surface area contributed by atoms with Crippen LogP contribution in [0.15, 0.2) is 0 Å². The summed E-state index contributed by atoms with van der Waals surface area (Å²) >= 11 is 0. The summed E-state index contributed by atoms with van der Waals surface area (Å²) in [6.07, 6.45) is 4.68. The van der Waals surface area contributed by atoms with Crippen LogP contribution in [0.5, 0.6) is 0 Å². The summed E-state index contributed by atoms with van der Waals surface area (Å²) in [5.74, 6) is 0.503. The first-order valence-corrected chi connectivity index (χ1v) is 8.51. The van der Waals surface area contributed by atoms with E-state index in [0.29, 0.717) is 0 Å². The van der Waals surface area contributed by atoms with E-state index in [0.717, 1.165) is 38.6 Å². The van der Waals surface area contributed by atoms with Gasteiger partial charge in [0, 0.05) is 12.1 Å². The molecule has 0 aromatic carbocycles. The fraction of sp³-hybridized carbons (Fsp3) is 0.882. The van der Waals surface area contributed by atoms with E-state index in [-0.39, 0.29) is 35.4 Å². The highest BCUT2D eigenvalue weighted by atomic mass is 16.2. The quantitative estimate of drug-likeness (QED) is 0.800. The molecule has 2 saturated heterocycles. The van der Waals surface area contributed by atoms with Gasteiger partial charge in [-0.2, -0.15) is 0 Å². The van der Waals surface area contributed by atoms with Crippen LogP contribution in [-0.2, 0) is 9.59 Å². The fourth-order valence-electron chi connectivity index (χ4n) is 3.81. The molecule has 0 bridgehead atoms. The summed E-state index contributed by atoms with van der Waals surface area (Å²) in [5, 5.41) is 0. The minimum atomic E-state index is -0.295. The third kappa shape index (κ3) is 2.58. The monoisotopic (exact) mass is 294 g/mol. The highest BCUT2D eigenvalue weighted by Crippen LogP contribution is 2.36. The Hall–Kier alpha value is -1.06. The summed E-state index contributed by atoms with van der Waals surface area (Å²) in [5.41, 5.74) is -0.217. The molecule has 2 unspecified atom stereocenters. The van der Waals surface area contributed by atoms with Crippen molar-refractivity contribution in [3.8, 4) is 0 Å². The molecular weight excluding hydrogens is 264 g/mol. The van der Waals surface area contributed by atoms with Gasteiger partial charge in [-0.25, -0.2) is 0 Å². The van der Waals surface area contributed by atoms with E-state index in [1.165, 1.54) is 0 Å². The maximum absolute atomic E-state index is 13.1. The van der Waals surface area contributed by atoms with Crippen LogP contribution in [0.2, 0.25) is 0 Å². The van der Waals surface area contributed by atoms with Gasteiger partial charge in [0.25, 0.3) is 0 Å². The molecule has 120 valence electrons. The molecule has 2 atom stereocenters. The molecule has 4 heteroatoms. The number of amides is 2. The Balaban J connectivity index is 2.44. The molecule has 2 fully saturated rings. The van der Waals surface area contributed by atoms with E-state index in [2.05, 4.69) is 34.6 Å². The number of hydrogen-bond acceptors (Lipinski definition) is 2. The van der Waals surface area contributed by atoms with Gasteiger partial charge in [-0.3, -0.25) is 9.59 Å². The van der Waals surface area contributed by atoms with E-state index < -0.39 is 0 Å². The lowest BCUT2D eigenvalue weighted by atomic mass is 9.83. The van der Waals surface area contributed by atoms with Crippen molar-refractivity contribution in [1.29, 1.82) is 0 Å². The number of hydrogen-bond donors (Lipinski definition) is 0. The molecule has 2 amide bonds. The number of rotatable bonds is 4. The minimum absolute atomic E-state index is 0.154. The third-order valence-electron chi connectivity index (χ3n) is 5.58. The number of nitrogens with zero attached hydrogens (tertiary/aromatic N) is 2. The second-order valence-electron chi connectivity index (χ2n) is 7.14. The van der Waals surface area contributed by atoms with Crippen LogP contribution in [0, 0.1) is 5.92 Å². The lowest BCUT2D eigenvalue weighted by Crippen LogP contribution is -2.71. The smallest absolute Gasteiger partial charge is 0.246 e. The molecule has 2 aliphatic rings. The standard InChI is InChI=1S/C17H30N2O2/c1-6-17(5,7-2)19-14(12(3)4)16(21)18-11-9-8-10-13(18)15(19)20/h12-14H,6-11H2,1-5H3. The molecule has 0 aromatic heterocycles. The van der Waals surface area contributed by atoms with Gasteiger partial charge in [0.05, 0.1) is 0 Å². The highest BCUT2D eigenvalue weighted by molar-refractivity contribution is 5.97. The molecule has 2 heterocycles. The van der Waals surface area contributed by atoms with Gasteiger partial charge in [0.15, 0.2) is 0 Å². The highest BCUT2D eigenvalue weighted by Gasteiger charge is 2.52. The van der Waals surface area contributed by atoms with Gasteiger partial charge in [-0.05, 0) is 44.9 Å². The SMILES string of the molecule is CCC(C)(CC)N1C(=O)C2CCCCN2C(=O)C1C(C)C. The van der Waals surface area contributed by atoms with E-state index >= 15 is 0 Å². The second kappa shape index (κ2) is 5.98. The summed E-state index contributed by atoms with van der Waals surface area (Å²) in [6.45, 7) is 11.2. The molecule has 2 rings (SSSR count). The minimum Gasteiger partial charge on any atom is -0.329 e. The summed E-state index contributed by atoms with van der Waals surface area (Å²) in [6, 6.07) is -0.504. The number of piperazine rings is 1. The van der Waals surface area contributed by atoms with Gasteiger partial charge < -0.3 is 9.80 Å². The zero-order chi connectivity index (χ0) is 15.8. The average molecular weight is 294 g/mol. The topological polar surface area (TPSA) is 40.6 Å². The Kier molecular flexibility index (Phi) is 4.64. The lowest BCUT2D eigenvalue weighted by molar-refractivity contribution is -0.173. The van der Waals surface area contributed by atoms with E-state index in [1.807, 2.05) is 9.80 Å². The predicted octanol–water partition coefficient (Wildman–Crippen LogP) is 2.81. The Morgan fingerprint density at radius 2 is 1.76 bits per heavy atom. The molecule has 0 aliphatic carbocycles. The molecule has 4 nitrogen and oxygen atoms in total. The maximum Gasteiger partial charge on any atom is 0.246 e. The van der Waals surface area contributed by atoms with Gasteiger partial charge in [-0.15, -0.1) is 0 Å². The van der Waals surface area contributed by atoms with Crippen LogP contribution in [0.4, 0.5) is 0 Å². The van der Waals surface area contributed by atoms with Crippen molar-refractivity contribution in [2.45, 2.75) is 84.3 Å². The predicted molar refractivity (Wildman–Crippen MR) is 83.8 cm³/mol. The Morgan fingerprint density at radius 1 is 1.14 bits per heavy atom. The number of fused-ring (bicyclic) bond motifs is 1. The third-order valence-corrected chi connectivity index (χ3v) is 5.58. The molecule has 0 spiro atoms. The summed E-state index contributed by atoms with van der Waals surface area (Å²) in [4.78, 5) is 29.9. The molecule has 0 N–H and O–H groups in total. The second-order valence-corrected chi connectivity index (χ2v) is 7.14. The van der Waals surface area contributed by atoms with Crippen LogP contribution in [0.1, 0.15) is 66.7 Å². The van der Waals surface area contributed by atoms with Crippen molar-refractivity contribution in [2.24, 2.45) is 5.92 Å². The van der Waals surface area contributed by atoms with Crippen molar-refractivity contribution in [1.82, 2.24) is 9.80 Å². The molecule has 2 aliphatic heterocycles. The number of carbonyl (C=O) groups excluding carboxylic acids is 2. The van der Waals surface area contributed by atoms with E-state index in [9.17, 15) is 9.59 Å². The Bertz CT molecular complexity index is 415. The van der Waals surface area contributed by atoms with Gasteiger partial charge in [-0.1, -0.05) is 27.7 Å². The lowest BCUT2D eigenvalue weighted by Gasteiger charge is -2.54. The Labute approximate surface area is 128 Å². The van der Waals surface area contributed by atoms with E-state index in [4.69, 9.17) is 0 Å². The van der Waals surface area contributed by atoms with E-state index in [1.54, 1.807) is 0 Å². The van der Waals surface area contributed by atoms with Crippen LogP contribution in [0.25, 0.3) is 0 Å². The van der Waals surface area contributed by atoms with Crippen LogP contribution in [0.3, 0.4) is 0 Å². The largest absolute Gasteiger partial charge is 0.329 e. The molecule has 0 aromatic rings. The zero-order valence-electron chi connectivity index (χ0n) is 14.2. The number of carbonyl (C=O) groups is 2. The van der Waals surface area contributed by atoms with Crippen molar-refractivity contribution >= 4 is 11.8 Å². The van der Waals surface area contributed by atoms with Crippen LogP contribution >= 0.6 is 0 Å². The molecule has 21 heavy (non-hydrogen) atoms. The van der Waals surface area contributed by atoms with Crippen molar-refractivity contribution in [3.05, 3.63) is 0 Å². The molecule has 0 saturated carbocycles.